The molecule has 1 aliphatic rings. The van der Waals surface area contributed by atoms with Gasteiger partial charge in [-0.25, -0.2) is 0 Å². The zero-order valence-electron chi connectivity index (χ0n) is 18.0. The number of hydrogen-bond donors (Lipinski definition) is 2. The van der Waals surface area contributed by atoms with Crippen LogP contribution in [0, 0.1) is 6.92 Å². The predicted octanol–water partition coefficient (Wildman–Crippen LogP) is 6.50. The molecule has 164 valence electrons. The maximum absolute atomic E-state index is 12.4. The summed E-state index contributed by atoms with van der Waals surface area (Å²) in [5, 5.41) is 6.33. The lowest BCUT2D eigenvalue weighted by Gasteiger charge is -2.12. The molecule has 0 bridgehead atoms. The van der Waals surface area contributed by atoms with Crippen LogP contribution in [0.1, 0.15) is 29.2 Å². The van der Waals surface area contributed by atoms with Crippen LogP contribution in [0.15, 0.2) is 76.1 Å². The second-order valence-corrected chi connectivity index (χ2v) is 9.64. The number of nitrogens with one attached hydrogen (secondary N) is 2. The number of amides is 1. The molecular weight excluding hydrogens is 484 g/mol. The standard InChI is InChI=1S/C26H25BrN2O2S/c1-3-18-8-11-21(12-9-18)28-26-29-25(30)24(32-26)15-20-10-13-23(22(27)14-20)31-16-19-6-4-17(2)5-7-19/h4-15,26,28H,3,16H2,1-2H3,(H,29,30)/b24-15-/t26-/m1/s1. The Morgan fingerprint density at radius 1 is 1.06 bits per heavy atom. The van der Waals surface area contributed by atoms with Gasteiger partial charge in [0.1, 0.15) is 12.4 Å². The van der Waals surface area contributed by atoms with E-state index in [0.717, 1.165) is 33.5 Å². The molecule has 2 N–H and O–H groups in total. The Kier molecular flexibility index (Phi) is 7.22. The van der Waals surface area contributed by atoms with Crippen molar-refractivity contribution in [1.29, 1.82) is 0 Å². The normalized spacial score (nSPS) is 16.8. The molecule has 32 heavy (non-hydrogen) atoms. The quantitative estimate of drug-likeness (QED) is 0.357. The maximum atomic E-state index is 12.4. The van der Waals surface area contributed by atoms with Crippen molar-refractivity contribution in [3.05, 3.63) is 98.4 Å². The molecule has 1 heterocycles. The van der Waals surface area contributed by atoms with Crippen molar-refractivity contribution in [2.24, 2.45) is 0 Å². The van der Waals surface area contributed by atoms with E-state index in [4.69, 9.17) is 4.74 Å². The molecule has 6 heteroatoms. The van der Waals surface area contributed by atoms with E-state index < -0.39 is 0 Å². The average Bonchev–Trinajstić information content (AvgIpc) is 3.13. The largest absolute Gasteiger partial charge is 0.488 e. The summed E-state index contributed by atoms with van der Waals surface area (Å²) >= 11 is 5.07. The highest BCUT2D eigenvalue weighted by molar-refractivity contribution is 9.10. The summed E-state index contributed by atoms with van der Waals surface area (Å²) < 4.78 is 6.80. The Hall–Kier alpha value is -2.70. The molecule has 0 radical (unpaired) electrons. The van der Waals surface area contributed by atoms with Crippen LogP contribution in [-0.4, -0.2) is 11.4 Å². The summed E-state index contributed by atoms with van der Waals surface area (Å²) in [6, 6.07) is 22.4. The van der Waals surface area contributed by atoms with Gasteiger partial charge in [0.25, 0.3) is 5.91 Å². The minimum Gasteiger partial charge on any atom is -0.488 e. The maximum Gasteiger partial charge on any atom is 0.260 e. The van der Waals surface area contributed by atoms with Crippen LogP contribution in [0.25, 0.3) is 6.08 Å². The average molecular weight is 509 g/mol. The summed E-state index contributed by atoms with van der Waals surface area (Å²) in [6.07, 6.45) is 2.91. The van der Waals surface area contributed by atoms with Crippen LogP contribution in [0.4, 0.5) is 5.69 Å². The molecule has 3 aromatic rings. The van der Waals surface area contributed by atoms with E-state index in [1.165, 1.54) is 22.9 Å². The minimum absolute atomic E-state index is 0.0755. The van der Waals surface area contributed by atoms with Crippen LogP contribution in [0.2, 0.25) is 0 Å². The minimum atomic E-state index is -0.193. The van der Waals surface area contributed by atoms with Gasteiger partial charge in [-0.2, -0.15) is 0 Å². The van der Waals surface area contributed by atoms with Gasteiger partial charge >= 0.3 is 0 Å². The second-order valence-electron chi connectivity index (χ2n) is 7.64. The number of hydrogen-bond acceptors (Lipinski definition) is 4. The fourth-order valence-electron chi connectivity index (χ4n) is 3.27. The lowest BCUT2D eigenvalue weighted by molar-refractivity contribution is -0.116. The van der Waals surface area contributed by atoms with Crippen molar-refractivity contribution in [2.75, 3.05) is 5.32 Å². The first-order chi connectivity index (χ1) is 15.5. The smallest absolute Gasteiger partial charge is 0.260 e. The molecule has 0 aromatic heterocycles. The fraction of sp³-hybridized carbons (Fsp3) is 0.192. The number of carbonyl (C=O) groups excluding carboxylic acids is 1. The molecule has 0 spiro atoms. The van der Waals surface area contributed by atoms with Gasteiger partial charge in [0.2, 0.25) is 0 Å². The molecular formula is C26H25BrN2O2S. The van der Waals surface area contributed by atoms with Crippen molar-refractivity contribution in [2.45, 2.75) is 32.4 Å². The third-order valence-corrected chi connectivity index (χ3v) is 6.81. The van der Waals surface area contributed by atoms with Gasteiger partial charge in [-0.3, -0.25) is 4.79 Å². The van der Waals surface area contributed by atoms with E-state index in [1.807, 2.05) is 36.4 Å². The third kappa shape index (κ3) is 5.75. The zero-order chi connectivity index (χ0) is 22.5. The third-order valence-electron chi connectivity index (χ3n) is 5.16. The van der Waals surface area contributed by atoms with Crippen LogP contribution in [-0.2, 0) is 17.8 Å². The van der Waals surface area contributed by atoms with Crippen LogP contribution in [0.5, 0.6) is 5.75 Å². The summed E-state index contributed by atoms with van der Waals surface area (Å²) in [5.41, 5.74) is 5.37. The SMILES string of the molecule is CCc1ccc(N[C@@H]2NC(=O)/C(=C/c3ccc(OCc4ccc(C)cc4)c(Br)c3)S2)cc1. The summed E-state index contributed by atoms with van der Waals surface area (Å²) in [5.74, 6) is 0.694. The molecule has 4 nitrogen and oxygen atoms in total. The monoisotopic (exact) mass is 508 g/mol. The van der Waals surface area contributed by atoms with Gasteiger partial charge in [-0.05, 0) is 76.3 Å². The topological polar surface area (TPSA) is 50.4 Å². The molecule has 1 saturated heterocycles. The number of ether oxygens (including phenoxy) is 1. The summed E-state index contributed by atoms with van der Waals surface area (Å²) in [6.45, 7) is 4.71. The second kappa shape index (κ2) is 10.3. The number of rotatable bonds is 7. The zero-order valence-corrected chi connectivity index (χ0v) is 20.4. The highest BCUT2D eigenvalue weighted by atomic mass is 79.9. The van der Waals surface area contributed by atoms with E-state index in [0.29, 0.717) is 11.5 Å². The predicted molar refractivity (Wildman–Crippen MR) is 137 cm³/mol. The fourth-order valence-corrected chi connectivity index (χ4v) is 4.77. The Labute approximate surface area is 201 Å². The van der Waals surface area contributed by atoms with E-state index in [-0.39, 0.29) is 11.4 Å². The molecule has 0 unspecified atom stereocenters. The number of benzene rings is 3. The van der Waals surface area contributed by atoms with Gasteiger partial charge in [0.15, 0.2) is 5.50 Å². The van der Waals surface area contributed by atoms with Crippen LogP contribution < -0.4 is 15.4 Å². The van der Waals surface area contributed by atoms with Gasteiger partial charge < -0.3 is 15.4 Å². The van der Waals surface area contributed by atoms with Crippen molar-refractivity contribution < 1.29 is 9.53 Å². The Morgan fingerprint density at radius 3 is 2.47 bits per heavy atom. The number of aryl methyl sites for hydroxylation is 2. The van der Waals surface area contributed by atoms with E-state index in [1.54, 1.807) is 0 Å². The molecule has 1 aliphatic heterocycles. The highest BCUT2D eigenvalue weighted by Gasteiger charge is 2.27. The lowest BCUT2D eigenvalue weighted by atomic mass is 10.1. The summed E-state index contributed by atoms with van der Waals surface area (Å²) in [4.78, 5) is 13.1. The number of halogens is 1. The van der Waals surface area contributed by atoms with Gasteiger partial charge in [0, 0.05) is 5.69 Å². The van der Waals surface area contributed by atoms with Gasteiger partial charge in [-0.1, -0.05) is 66.7 Å². The Bertz CT molecular complexity index is 1130. The van der Waals surface area contributed by atoms with Crippen molar-refractivity contribution in [1.82, 2.24) is 5.32 Å². The Morgan fingerprint density at radius 2 is 1.78 bits per heavy atom. The van der Waals surface area contributed by atoms with Gasteiger partial charge in [-0.15, -0.1) is 0 Å². The Balaban J connectivity index is 1.38. The van der Waals surface area contributed by atoms with Crippen LogP contribution >= 0.6 is 27.7 Å². The van der Waals surface area contributed by atoms with Gasteiger partial charge in [0.05, 0.1) is 9.38 Å². The highest BCUT2D eigenvalue weighted by Crippen LogP contribution is 2.32. The lowest BCUT2D eigenvalue weighted by Crippen LogP contribution is -2.30. The molecule has 1 fully saturated rings. The molecule has 0 aliphatic carbocycles. The van der Waals surface area contributed by atoms with E-state index in [9.17, 15) is 4.79 Å². The number of anilines is 1. The molecule has 3 aromatic carbocycles. The summed E-state index contributed by atoms with van der Waals surface area (Å²) in [7, 11) is 0. The molecule has 0 saturated carbocycles. The molecule has 4 rings (SSSR count). The van der Waals surface area contributed by atoms with E-state index in [2.05, 4.69) is 76.8 Å². The van der Waals surface area contributed by atoms with Crippen molar-refractivity contribution >= 4 is 45.4 Å². The first-order valence-electron chi connectivity index (χ1n) is 10.5. The molecule has 1 amide bonds. The van der Waals surface area contributed by atoms with Crippen LogP contribution in [0.3, 0.4) is 0 Å². The van der Waals surface area contributed by atoms with E-state index >= 15 is 0 Å². The first-order valence-corrected chi connectivity index (χ1v) is 12.2. The molecule has 1 atom stereocenters. The first kappa shape index (κ1) is 22.5. The number of thioether (sulfide) groups is 1. The van der Waals surface area contributed by atoms with Crippen molar-refractivity contribution in [3.63, 3.8) is 0 Å². The van der Waals surface area contributed by atoms with Crippen molar-refractivity contribution in [3.8, 4) is 5.75 Å². The number of carbonyl (C=O) groups is 1.